The average molecular weight is 486 g/mol. The summed E-state index contributed by atoms with van der Waals surface area (Å²) in [7, 11) is 1.06. The Kier molecular flexibility index (Phi) is 5.84. The second-order valence-electron chi connectivity index (χ2n) is 8.89. The summed E-state index contributed by atoms with van der Waals surface area (Å²) in [5.74, 6) is -6.80. The number of rotatable bonds is 5. The number of aliphatic hydroxyl groups is 1. The van der Waals surface area contributed by atoms with Gasteiger partial charge in [-0.3, -0.25) is 9.78 Å². The SMILES string of the molecule is COc1c([C@H]2[C@H](C(=O)Nc3ccnc(C4(O)CC4)c3)O[C@@](C)(C(F)(F)F)[C@H]2C)ccc(F)c1F. The lowest BCUT2D eigenvalue weighted by atomic mass is 9.77. The van der Waals surface area contributed by atoms with Crippen LogP contribution in [0.15, 0.2) is 30.5 Å². The van der Waals surface area contributed by atoms with Gasteiger partial charge in [-0.1, -0.05) is 13.0 Å². The van der Waals surface area contributed by atoms with Crippen LogP contribution in [-0.4, -0.2) is 41.0 Å². The van der Waals surface area contributed by atoms with Crippen molar-refractivity contribution in [2.45, 2.75) is 56.1 Å². The topological polar surface area (TPSA) is 80.7 Å². The molecule has 1 saturated carbocycles. The number of hydrogen-bond acceptors (Lipinski definition) is 5. The van der Waals surface area contributed by atoms with Crippen molar-refractivity contribution in [1.82, 2.24) is 4.98 Å². The van der Waals surface area contributed by atoms with E-state index in [-0.39, 0.29) is 11.3 Å². The molecule has 4 rings (SSSR count). The minimum atomic E-state index is -4.86. The third-order valence-corrected chi connectivity index (χ3v) is 6.80. The summed E-state index contributed by atoms with van der Waals surface area (Å²) in [6.07, 6.45) is -4.20. The fourth-order valence-electron chi connectivity index (χ4n) is 4.39. The molecule has 1 aliphatic carbocycles. The van der Waals surface area contributed by atoms with Gasteiger partial charge in [0.2, 0.25) is 5.82 Å². The third kappa shape index (κ3) is 3.90. The zero-order valence-electron chi connectivity index (χ0n) is 18.5. The van der Waals surface area contributed by atoms with E-state index in [1.54, 1.807) is 0 Å². The molecule has 0 spiro atoms. The molecule has 1 saturated heterocycles. The van der Waals surface area contributed by atoms with Crippen LogP contribution in [0.25, 0.3) is 0 Å². The number of amides is 1. The second-order valence-corrected chi connectivity index (χ2v) is 8.89. The van der Waals surface area contributed by atoms with E-state index in [4.69, 9.17) is 9.47 Å². The molecule has 1 amide bonds. The first-order valence-electron chi connectivity index (χ1n) is 10.6. The van der Waals surface area contributed by atoms with Crippen LogP contribution in [0, 0.1) is 17.6 Å². The van der Waals surface area contributed by atoms with E-state index in [9.17, 15) is 31.9 Å². The Hall–Kier alpha value is -2.79. The lowest BCUT2D eigenvalue weighted by molar-refractivity contribution is -0.272. The van der Waals surface area contributed by atoms with Crippen LogP contribution in [0.5, 0.6) is 5.75 Å². The summed E-state index contributed by atoms with van der Waals surface area (Å²) in [5, 5.41) is 12.8. The van der Waals surface area contributed by atoms with Gasteiger partial charge < -0.3 is 19.9 Å². The Bertz CT molecular complexity index is 1120. The highest BCUT2D eigenvalue weighted by molar-refractivity contribution is 5.95. The molecule has 2 aliphatic rings. The first kappa shape index (κ1) is 24.3. The van der Waals surface area contributed by atoms with Crippen LogP contribution in [0.3, 0.4) is 0 Å². The number of carbonyl (C=O) groups is 1. The molecule has 1 aromatic carbocycles. The number of halogens is 5. The Labute approximate surface area is 192 Å². The molecule has 184 valence electrons. The van der Waals surface area contributed by atoms with Crippen LogP contribution in [0.2, 0.25) is 0 Å². The van der Waals surface area contributed by atoms with Crippen molar-refractivity contribution in [3.63, 3.8) is 0 Å². The summed E-state index contributed by atoms with van der Waals surface area (Å²) < 4.78 is 80.5. The van der Waals surface area contributed by atoms with Crippen molar-refractivity contribution in [2.24, 2.45) is 5.92 Å². The van der Waals surface area contributed by atoms with Gasteiger partial charge in [-0.2, -0.15) is 17.6 Å². The minimum Gasteiger partial charge on any atom is -0.493 e. The maximum absolute atomic E-state index is 14.4. The van der Waals surface area contributed by atoms with E-state index < -0.39 is 58.6 Å². The molecule has 0 unspecified atom stereocenters. The van der Waals surface area contributed by atoms with Crippen LogP contribution in [-0.2, 0) is 15.1 Å². The number of ether oxygens (including phenoxy) is 2. The molecule has 4 atom stereocenters. The molecule has 2 N–H and O–H groups in total. The van der Waals surface area contributed by atoms with Gasteiger partial charge in [0.25, 0.3) is 5.91 Å². The molecular weight excluding hydrogens is 463 g/mol. The average Bonchev–Trinajstić information content (AvgIpc) is 3.46. The smallest absolute Gasteiger partial charge is 0.417 e. The van der Waals surface area contributed by atoms with Gasteiger partial charge >= 0.3 is 6.18 Å². The minimum absolute atomic E-state index is 0.121. The molecule has 2 heterocycles. The van der Waals surface area contributed by atoms with Crippen molar-refractivity contribution in [3.05, 3.63) is 53.4 Å². The number of alkyl halides is 3. The van der Waals surface area contributed by atoms with Gasteiger partial charge in [-0.05, 0) is 38.0 Å². The van der Waals surface area contributed by atoms with Crippen molar-refractivity contribution < 1.29 is 41.3 Å². The number of carbonyl (C=O) groups excluding carboxylic acids is 1. The summed E-state index contributed by atoms with van der Waals surface area (Å²) in [5.41, 5.74) is -3.43. The molecular formula is C23H23F5N2O4. The highest BCUT2D eigenvalue weighted by Gasteiger charge is 2.66. The van der Waals surface area contributed by atoms with E-state index >= 15 is 0 Å². The van der Waals surface area contributed by atoms with Crippen LogP contribution < -0.4 is 10.1 Å². The monoisotopic (exact) mass is 486 g/mol. The van der Waals surface area contributed by atoms with Gasteiger partial charge in [0.05, 0.1) is 12.8 Å². The Morgan fingerprint density at radius 1 is 1.26 bits per heavy atom. The van der Waals surface area contributed by atoms with Crippen molar-refractivity contribution in [2.75, 3.05) is 12.4 Å². The fraction of sp³-hybridized carbons (Fsp3) is 0.478. The van der Waals surface area contributed by atoms with E-state index in [0.717, 1.165) is 26.2 Å². The van der Waals surface area contributed by atoms with Gasteiger partial charge in [0.15, 0.2) is 17.2 Å². The van der Waals surface area contributed by atoms with Crippen LogP contribution >= 0.6 is 0 Å². The van der Waals surface area contributed by atoms with E-state index in [0.29, 0.717) is 18.5 Å². The fourth-order valence-corrected chi connectivity index (χ4v) is 4.39. The third-order valence-electron chi connectivity index (χ3n) is 6.80. The van der Waals surface area contributed by atoms with Crippen LogP contribution in [0.1, 0.15) is 43.9 Å². The standard InChI is InChI=1S/C23H23F5N2O4/c1-11-16(13-4-5-14(24)17(25)18(13)33-3)19(34-21(11,2)23(26,27)28)20(31)30-12-6-9-29-15(10-12)22(32)7-8-22/h4-6,9-11,16,19,32H,7-8H2,1-3H3,(H,29,30,31)/t11-,16-,19+,21+/m0/s1. The quantitative estimate of drug-likeness (QED) is 0.612. The molecule has 0 radical (unpaired) electrons. The number of pyridine rings is 1. The lowest BCUT2D eigenvalue weighted by Gasteiger charge is -2.32. The molecule has 1 aliphatic heterocycles. The Morgan fingerprint density at radius 3 is 2.53 bits per heavy atom. The maximum Gasteiger partial charge on any atom is 0.417 e. The molecule has 1 aromatic heterocycles. The highest BCUT2D eigenvalue weighted by atomic mass is 19.4. The first-order chi connectivity index (χ1) is 15.8. The number of benzene rings is 1. The zero-order valence-corrected chi connectivity index (χ0v) is 18.5. The number of aromatic nitrogens is 1. The van der Waals surface area contributed by atoms with E-state index in [2.05, 4.69) is 10.3 Å². The Morgan fingerprint density at radius 2 is 1.94 bits per heavy atom. The highest BCUT2D eigenvalue weighted by Crippen LogP contribution is 2.55. The van der Waals surface area contributed by atoms with Crippen molar-refractivity contribution in [1.29, 1.82) is 0 Å². The number of hydrogen-bond donors (Lipinski definition) is 2. The summed E-state index contributed by atoms with van der Waals surface area (Å²) in [4.78, 5) is 17.3. The molecule has 0 bridgehead atoms. The predicted molar refractivity (Wildman–Crippen MR) is 110 cm³/mol. The number of methoxy groups -OCH3 is 1. The summed E-state index contributed by atoms with van der Waals surface area (Å²) in [6, 6.07) is 4.71. The molecule has 2 aromatic rings. The first-order valence-corrected chi connectivity index (χ1v) is 10.6. The number of anilines is 1. The number of nitrogens with one attached hydrogen (secondary N) is 1. The molecule has 34 heavy (non-hydrogen) atoms. The molecule has 2 fully saturated rings. The normalized spacial score (nSPS) is 28.0. The van der Waals surface area contributed by atoms with E-state index in [1.165, 1.54) is 25.3 Å². The number of nitrogens with zero attached hydrogens (tertiary/aromatic N) is 1. The largest absolute Gasteiger partial charge is 0.493 e. The van der Waals surface area contributed by atoms with Crippen molar-refractivity contribution >= 4 is 11.6 Å². The van der Waals surface area contributed by atoms with Crippen LogP contribution in [0.4, 0.5) is 27.6 Å². The van der Waals surface area contributed by atoms with Gasteiger partial charge in [0.1, 0.15) is 11.7 Å². The van der Waals surface area contributed by atoms with Crippen molar-refractivity contribution in [3.8, 4) is 5.75 Å². The molecule has 11 heteroatoms. The van der Waals surface area contributed by atoms with Gasteiger partial charge in [0, 0.05) is 29.3 Å². The predicted octanol–water partition coefficient (Wildman–Crippen LogP) is 4.43. The van der Waals surface area contributed by atoms with E-state index in [1.807, 2.05) is 0 Å². The Balaban J connectivity index is 1.73. The van der Waals surface area contributed by atoms with Gasteiger partial charge in [-0.15, -0.1) is 0 Å². The lowest BCUT2D eigenvalue weighted by Crippen LogP contribution is -2.47. The van der Waals surface area contributed by atoms with Gasteiger partial charge in [-0.25, -0.2) is 4.39 Å². The molecule has 6 nitrogen and oxygen atoms in total. The maximum atomic E-state index is 14.4. The second kappa shape index (κ2) is 8.16. The summed E-state index contributed by atoms with van der Waals surface area (Å²) in [6.45, 7) is 2.05. The zero-order chi connectivity index (χ0) is 25.1. The summed E-state index contributed by atoms with van der Waals surface area (Å²) >= 11 is 0.